The molecule has 3 saturated heterocycles. The average molecular weight is 1040 g/mol. The molecule has 1 saturated carbocycles. The minimum Gasteiger partial charge on any atom is -0.464 e. The summed E-state index contributed by atoms with van der Waals surface area (Å²) in [6.45, 7) is 5.30. The molecular formula is C52H61FN10O8S2. The lowest BCUT2D eigenvalue weighted by Gasteiger charge is -2.34. The van der Waals surface area contributed by atoms with Gasteiger partial charge < -0.3 is 49.3 Å². The summed E-state index contributed by atoms with van der Waals surface area (Å²) in [7, 11) is 1.35. The van der Waals surface area contributed by atoms with Crippen LogP contribution in [0.15, 0.2) is 55.0 Å². The number of carbonyl (C=O) groups is 4. The summed E-state index contributed by atoms with van der Waals surface area (Å²) in [5.74, 6) is 2.28. The largest absolute Gasteiger partial charge is 0.464 e. The number of alkyl carbamates (subject to hydrolysis) is 2. The van der Waals surface area contributed by atoms with Crippen molar-refractivity contribution in [1.82, 2.24) is 49.9 Å². The number of fused-ring (bicyclic) bond motifs is 5. The van der Waals surface area contributed by atoms with Crippen LogP contribution in [0.1, 0.15) is 98.1 Å². The summed E-state index contributed by atoms with van der Waals surface area (Å²) in [6, 6.07) is 9.23. The Hall–Kier alpha value is -6.45. The number of benzene rings is 2. The molecule has 4 N–H and O–H groups in total. The molecule has 5 atom stereocenters. The molecule has 1 aliphatic carbocycles. The van der Waals surface area contributed by atoms with E-state index in [4.69, 9.17) is 33.9 Å². The van der Waals surface area contributed by atoms with E-state index in [-0.39, 0.29) is 35.7 Å². The SMILES string of the molecule is COC(=O)NC(C(=O)N1CS(C)(C)C[C@H]1c1ncc(-c2ccc3c(c2)cc2n3[C@H](c3cnc(C4CC4)s3)Oc3cc(-c4cnc([C@@H]5CCCN5C(=O)[C@@H](NC(=O)OC)C(C)C)[nH]4)cc(F)c3-2)[nH]1)C1CCOCC1. The normalized spacial score (nSPS) is 21.8. The third-order valence-electron chi connectivity index (χ3n) is 14.9. The molecule has 4 amide bonds. The van der Waals surface area contributed by atoms with Crippen molar-refractivity contribution in [3.8, 4) is 39.5 Å². The van der Waals surface area contributed by atoms with Gasteiger partial charge in [0.05, 0.1) is 82.6 Å². The van der Waals surface area contributed by atoms with Crippen LogP contribution in [-0.4, -0.2) is 133 Å². The van der Waals surface area contributed by atoms with E-state index in [9.17, 15) is 19.2 Å². The number of amides is 4. The number of nitrogens with one attached hydrogen (secondary N) is 4. The lowest BCUT2D eigenvalue weighted by Crippen LogP contribution is -2.53. The van der Waals surface area contributed by atoms with Gasteiger partial charge >= 0.3 is 12.2 Å². The van der Waals surface area contributed by atoms with Gasteiger partial charge in [-0.05, 0) is 93.2 Å². The van der Waals surface area contributed by atoms with Gasteiger partial charge in [-0.2, -0.15) is 0 Å². The van der Waals surface area contributed by atoms with E-state index in [0.29, 0.717) is 90.7 Å². The van der Waals surface area contributed by atoms with Crippen LogP contribution in [0.4, 0.5) is 14.0 Å². The van der Waals surface area contributed by atoms with Gasteiger partial charge in [-0.25, -0.2) is 39.0 Å². The third kappa shape index (κ3) is 9.32. The Morgan fingerprint density at radius 2 is 1.55 bits per heavy atom. The van der Waals surface area contributed by atoms with Crippen LogP contribution >= 0.6 is 21.4 Å². The summed E-state index contributed by atoms with van der Waals surface area (Å²) < 4.78 is 41.3. The van der Waals surface area contributed by atoms with Crippen molar-refractivity contribution in [2.24, 2.45) is 11.8 Å². The topological polar surface area (TPSA) is 211 Å². The summed E-state index contributed by atoms with van der Waals surface area (Å²) in [5, 5.41) is 7.48. The van der Waals surface area contributed by atoms with E-state index in [1.807, 2.05) is 49.2 Å². The fourth-order valence-corrected chi connectivity index (χ4v) is 14.5. The zero-order chi connectivity index (χ0) is 50.9. The number of ether oxygens (including phenoxy) is 4. The molecule has 386 valence electrons. The van der Waals surface area contributed by atoms with Crippen molar-refractivity contribution in [2.75, 3.05) is 58.1 Å². The number of halogens is 1. The zero-order valence-electron chi connectivity index (χ0n) is 41.7. The average Bonchev–Trinajstić information content (AvgIpc) is 4.07. The quantitative estimate of drug-likeness (QED) is 0.0912. The number of imidazole rings is 2. The number of hydrogen-bond acceptors (Lipinski definition) is 12. The first kappa shape index (κ1) is 48.8. The van der Waals surface area contributed by atoms with E-state index in [2.05, 4.69) is 43.7 Å². The number of rotatable bonds is 12. The molecule has 5 aliphatic rings. The molecule has 1 unspecified atom stereocenters. The highest BCUT2D eigenvalue weighted by Crippen LogP contribution is 2.53. The van der Waals surface area contributed by atoms with E-state index in [1.165, 1.54) is 20.3 Å². The van der Waals surface area contributed by atoms with Crippen molar-refractivity contribution in [2.45, 2.75) is 88.7 Å². The third-order valence-corrected chi connectivity index (χ3v) is 18.3. The first-order valence-electron chi connectivity index (χ1n) is 25.0. The van der Waals surface area contributed by atoms with Gasteiger partial charge in [0.25, 0.3) is 0 Å². The molecule has 11 rings (SSSR count). The predicted molar refractivity (Wildman–Crippen MR) is 275 cm³/mol. The number of thiazole rings is 1. The fourth-order valence-electron chi connectivity index (χ4n) is 11.0. The van der Waals surface area contributed by atoms with Gasteiger partial charge in [0, 0.05) is 54.1 Å². The van der Waals surface area contributed by atoms with Crippen molar-refractivity contribution in [1.29, 1.82) is 0 Å². The molecule has 0 radical (unpaired) electrons. The maximum absolute atomic E-state index is 17.0. The number of methoxy groups -OCH3 is 2. The zero-order valence-corrected chi connectivity index (χ0v) is 43.4. The Bertz CT molecular complexity index is 3100. The van der Waals surface area contributed by atoms with Crippen LogP contribution < -0.4 is 15.4 Å². The summed E-state index contributed by atoms with van der Waals surface area (Å²) in [4.78, 5) is 79.0. The van der Waals surface area contributed by atoms with Crippen LogP contribution in [0, 0.1) is 17.7 Å². The number of H-pyrrole nitrogens is 2. The van der Waals surface area contributed by atoms with Crippen molar-refractivity contribution < 1.29 is 42.5 Å². The second kappa shape index (κ2) is 19.4. The Labute approximate surface area is 427 Å². The van der Waals surface area contributed by atoms with Crippen LogP contribution in [0.25, 0.3) is 44.7 Å². The monoisotopic (exact) mass is 1040 g/mol. The number of hydrogen-bond donors (Lipinski definition) is 4. The molecule has 4 fully saturated rings. The Morgan fingerprint density at radius 1 is 0.836 bits per heavy atom. The molecule has 18 nitrogen and oxygen atoms in total. The van der Waals surface area contributed by atoms with Crippen molar-refractivity contribution in [3.05, 3.63) is 82.3 Å². The highest BCUT2D eigenvalue weighted by Gasteiger charge is 2.45. The van der Waals surface area contributed by atoms with E-state index >= 15 is 4.39 Å². The molecule has 21 heteroatoms. The Morgan fingerprint density at radius 3 is 2.26 bits per heavy atom. The summed E-state index contributed by atoms with van der Waals surface area (Å²) >= 11 is 1.62. The minimum absolute atomic E-state index is 0.0863. The minimum atomic E-state index is -1.22. The van der Waals surface area contributed by atoms with Crippen LogP contribution in [-0.2, 0) is 23.8 Å². The molecule has 73 heavy (non-hydrogen) atoms. The predicted octanol–water partition coefficient (Wildman–Crippen LogP) is 8.60. The number of nitrogens with zero attached hydrogens (tertiary/aromatic N) is 6. The molecule has 4 aliphatic heterocycles. The molecule has 4 aromatic heterocycles. The molecule has 0 bridgehead atoms. The number of carbonyl (C=O) groups excluding carboxylic acids is 4. The highest BCUT2D eigenvalue weighted by atomic mass is 32.3. The Balaban J connectivity index is 0.907. The maximum atomic E-state index is 17.0. The van der Waals surface area contributed by atoms with Gasteiger partial charge in [-0.15, -0.1) is 11.3 Å². The van der Waals surface area contributed by atoms with Gasteiger partial charge in [0.1, 0.15) is 35.3 Å². The second-order valence-electron chi connectivity index (χ2n) is 20.7. The van der Waals surface area contributed by atoms with Crippen LogP contribution in [0.5, 0.6) is 5.75 Å². The van der Waals surface area contributed by atoms with Gasteiger partial charge in [0.15, 0.2) is 0 Å². The van der Waals surface area contributed by atoms with E-state index in [1.54, 1.807) is 28.6 Å². The first-order valence-corrected chi connectivity index (χ1v) is 28.6. The molecule has 0 spiro atoms. The van der Waals surface area contributed by atoms with E-state index in [0.717, 1.165) is 57.1 Å². The van der Waals surface area contributed by atoms with Crippen LogP contribution in [0.3, 0.4) is 0 Å². The van der Waals surface area contributed by atoms with Gasteiger partial charge in [0.2, 0.25) is 18.0 Å². The summed E-state index contributed by atoms with van der Waals surface area (Å²) in [6.07, 6.45) is 12.8. The summed E-state index contributed by atoms with van der Waals surface area (Å²) in [5.41, 5.74) is 4.57. The lowest BCUT2D eigenvalue weighted by molar-refractivity contribution is -0.136. The highest BCUT2D eigenvalue weighted by molar-refractivity contribution is 8.32. The molecule has 8 heterocycles. The standard InChI is InChI=1S/C52H61FN10O8S2/c1-27(2)43(59-51(66)68-3)48(64)61-15-7-8-37(61)45-54-23-35(58-45)31-19-33(53)42-38-20-32-18-30(11-12-36(32)63(38)50(71-40(42)21-31)41-24-56-47(72-41)29-9-10-29)34-22-55-46(57-34)39-25-73(5,6)26-62(39)49(65)44(60-52(67)69-4)28-13-16-70-17-14-28/h11-12,18-24,27-29,37,39,43-44,50H,7-10,13-17,25-26H2,1-6H3,(H,54,58)(H,55,57)(H,59,66)(H,60,67)/t37-,39-,43-,44?,50-/m0/s1. The van der Waals surface area contributed by atoms with Gasteiger partial charge in [-0.1, -0.05) is 19.9 Å². The van der Waals surface area contributed by atoms with Crippen molar-refractivity contribution >= 4 is 56.3 Å². The maximum Gasteiger partial charge on any atom is 0.407 e. The number of aromatic amines is 2. The van der Waals surface area contributed by atoms with Crippen molar-refractivity contribution in [3.63, 3.8) is 0 Å². The van der Waals surface area contributed by atoms with Gasteiger partial charge in [-0.3, -0.25) is 14.2 Å². The number of aromatic nitrogens is 6. The number of likely N-dealkylation sites (tertiary alicyclic amines) is 1. The van der Waals surface area contributed by atoms with E-state index < -0.39 is 46.3 Å². The fraction of sp³-hybridized carbons (Fsp3) is 0.481. The molecular weight excluding hydrogens is 976 g/mol. The first-order chi connectivity index (χ1) is 35.2. The smallest absolute Gasteiger partial charge is 0.407 e. The lowest BCUT2D eigenvalue weighted by atomic mass is 9.90. The molecule has 2 aromatic carbocycles. The Kier molecular flexibility index (Phi) is 13.0. The van der Waals surface area contributed by atoms with Crippen LogP contribution in [0.2, 0.25) is 0 Å². The molecule has 6 aromatic rings. The second-order valence-corrected chi connectivity index (χ2v) is 25.9.